The molecular weight excluding hydrogens is 246 g/mol. The molecule has 0 aliphatic carbocycles. The minimum absolute atomic E-state index is 0.199. The molecule has 0 saturated carbocycles. The van der Waals surface area contributed by atoms with Crippen LogP contribution in [0, 0.1) is 5.92 Å². The van der Waals surface area contributed by atoms with E-state index in [4.69, 9.17) is 4.74 Å². The lowest BCUT2D eigenvalue weighted by molar-refractivity contribution is -0.0471. The molecule has 18 heavy (non-hydrogen) atoms. The number of aliphatic hydroxyl groups excluding tert-OH is 1. The van der Waals surface area contributed by atoms with Crippen molar-refractivity contribution in [1.29, 1.82) is 0 Å². The third-order valence-corrected chi connectivity index (χ3v) is 4.68. The molecule has 1 saturated heterocycles. The number of thiophene rings is 1. The first-order valence-corrected chi connectivity index (χ1v) is 7.53. The van der Waals surface area contributed by atoms with Crippen LogP contribution in [0.4, 0.5) is 0 Å². The van der Waals surface area contributed by atoms with Crippen molar-refractivity contribution in [2.75, 3.05) is 26.8 Å². The summed E-state index contributed by atoms with van der Waals surface area (Å²) in [5.74, 6) is 0.259. The maximum absolute atomic E-state index is 9.95. The molecule has 0 spiro atoms. The Morgan fingerprint density at radius 2 is 2.44 bits per heavy atom. The number of rotatable bonds is 5. The van der Waals surface area contributed by atoms with E-state index in [0.717, 1.165) is 19.4 Å². The summed E-state index contributed by atoms with van der Waals surface area (Å²) >= 11 is 1.81. The molecule has 1 aliphatic rings. The van der Waals surface area contributed by atoms with Gasteiger partial charge in [-0.3, -0.25) is 0 Å². The largest absolute Gasteiger partial charge is 0.393 e. The second-order valence-corrected chi connectivity index (χ2v) is 6.30. The average Bonchev–Trinajstić information content (AvgIpc) is 2.84. The van der Waals surface area contributed by atoms with Gasteiger partial charge in [-0.1, -0.05) is 6.07 Å². The number of likely N-dealkylation sites (N-methyl/N-ethyl adjacent to an activating group) is 1. The van der Waals surface area contributed by atoms with Crippen molar-refractivity contribution in [2.45, 2.75) is 31.9 Å². The SMILES string of the molecule is CC(Cc1cccs1)N(C)CC1COCCC1O. The van der Waals surface area contributed by atoms with E-state index < -0.39 is 0 Å². The van der Waals surface area contributed by atoms with Crippen LogP contribution < -0.4 is 0 Å². The highest BCUT2D eigenvalue weighted by atomic mass is 32.1. The van der Waals surface area contributed by atoms with Gasteiger partial charge in [0.2, 0.25) is 0 Å². The zero-order valence-electron chi connectivity index (χ0n) is 11.2. The topological polar surface area (TPSA) is 32.7 Å². The molecule has 3 unspecified atom stereocenters. The van der Waals surface area contributed by atoms with Crippen LogP contribution in [0.3, 0.4) is 0 Å². The lowest BCUT2D eigenvalue weighted by Gasteiger charge is -2.33. The second-order valence-electron chi connectivity index (χ2n) is 5.26. The Balaban J connectivity index is 1.81. The Labute approximate surface area is 113 Å². The highest BCUT2D eigenvalue weighted by molar-refractivity contribution is 7.09. The monoisotopic (exact) mass is 269 g/mol. The van der Waals surface area contributed by atoms with Gasteiger partial charge in [0.1, 0.15) is 0 Å². The van der Waals surface area contributed by atoms with Gasteiger partial charge in [-0.05, 0) is 38.3 Å². The molecule has 1 N–H and O–H groups in total. The molecule has 0 bridgehead atoms. The van der Waals surface area contributed by atoms with E-state index in [-0.39, 0.29) is 12.0 Å². The number of hydrogen-bond donors (Lipinski definition) is 1. The summed E-state index contributed by atoms with van der Waals surface area (Å²) in [6, 6.07) is 4.79. The van der Waals surface area contributed by atoms with E-state index >= 15 is 0 Å². The molecule has 2 rings (SSSR count). The normalized spacial score (nSPS) is 26.4. The van der Waals surface area contributed by atoms with E-state index in [1.165, 1.54) is 4.88 Å². The van der Waals surface area contributed by atoms with Gasteiger partial charge >= 0.3 is 0 Å². The third kappa shape index (κ3) is 3.79. The van der Waals surface area contributed by atoms with Gasteiger partial charge in [0, 0.05) is 30.0 Å². The van der Waals surface area contributed by atoms with E-state index in [0.29, 0.717) is 19.3 Å². The van der Waals surface area contributed by atoms with Crippen LogP contribution in [-0.4, -0.2) is 49.0 Å². The Bertz CT molecular complexity index is 342. The second kappa shape index (κ2) is 6.66. The molecule has 1 aromatic heterocycles. The Hall–Kier alpha value is -0.420. The van der Waals surface area contributed by atoms with Crippen molar-refractivity contribution in [3.05, 3.63) is 22.4 Å². The van der Waals surface area contributed by atoms with Crippen LogP contribution in [-0.2, 0) is 11.2 Å². The van der Waals surface area contributed by atoms with Crippen LogP contribution in [0.2, 0.25) is 0 Å². The fourth-order valence-electron chi connectivity index (χ4n) is 2.39. The molecule has 4 heteroatoms. The van der Waals surface area contributed by atoms with Gasteiger partial charge in [-0.2, -0.15) is 0 Å². The predicted octanol–water partition coefficient (Wildman–Crippen LogP) is 2.01. The molecule has 3 atom stereocenters. The highest BCUT2D eigenvalue weighted by Gasteiger charge is 2.26. The lowest BCUT2D eigenvalue weighted by atomic mass is 9.97. The number of ether oxygens (including phenoxy) is 1. The molecule has 0 radical (unpaired) electrons. The summed E-state index contributed by atoms with van der Waals surface area (Å²) in [7, 11) is 2.14. The Morgan fingerprint density at radius 3 is 3.11 bits per heavy atom. The molecule has 1 fully saturated rings. The van der Waals surface area contributed by atoms with Crippen molar-refractivity contribution in [3.8, 4) is 0 Å². The number of nitrogens with zero attached hydrogens (tertiary/aromatic N) is 1. The van der Waals surface area contributed by atoms with E-state index in [9.17, 15) is 5.11 Å². The van der Waals surface area contributed by atoms with Crippen molar-refractivity contribution in [1.82, 2.24) is 4.90 Å². The van der Waals surface area contributed by atoms with E-state index in [1.54, 1.807) is 0 Å². The lowest BCUT2D eigenvalue weighted by Crippen LogP contribution is -2.42. The highest BCUT2D eigenvalue weighted by Crippen LogP contribution is 2.18. The quantitative estimate of drug-likeness (QED) is 0.887. The molecule has 0 amide bonds. The zero-order chi connectivity index (χ0) is 13.0. The van der Waals surface area contributed by atoms with E-state index in [2.05, 4.69) is 36.4 Å². The fourth-order valence-corrected chi connectivity index (χ4v) is 3.21. The van der Waals surface area contributed by atoms with Gasteiger partial charge in [-0.15, -0.1) is 11.3 Å². The minimum atomic E-state index is -0.199. The molecular formula is C14H23NO2S. The van der Waals surface area contributed by atoms with Crippen molar-refractivity contribution >= 4 is 11.3 Å². The standard InChI is InChI=1S/C14H23NO2S/c1-11(8-13-4-3-7-18-13)15(2)9-12-10-17-6-5-14(12)16/h3-4,7,11-12,14,16H,5-6,8-10H2,1-2H3. The van der Waals surface area contributed by atoms with Gasteiger partial charge in [-0.25, -0.2) is 0 Å². The van der Waals surface area contributed by atoms with Crippen molar-refractivity contribution in [3.63, 3.8) is 0 Å². The smallest absolute Gasteiger partial charge is 0.0624 e. The van der Waals surface area contributed by atoms with Gasteiger partial charge in [0.05, 0.1) is 12.7 Å². The molecule has 1 aromatic rings. The molecule has 0 aromatic carbocycles. The summed E-state index contributed by atoms with van der Waals surface area (Å²) in [5.41, 5.74) is 0. The average molecular weight is 269 g/mol. The van der Waals surface area contributed by atoms with E-state index in [1.807, 2.05) is 11.3 Å². The third-order valence-electron chi connectivity index (χ3n) is 3.79. The summed E-state index contributed by atoms with van der Waals surface area (Å²) < 4.78 is 5.45. The van der Waals surface area contributed by atoms with Gasteiger partial charge < -0.3 is 14.7 Å². The Morgan fingerprint density at radius 1 is 1.61 bits per heavy atom. The predicted molar refractivity (Wildman–Crippen MR) is 75.0 cm³/mol. The first kappa shape index (κ1) is 14.0. The number of aliphatic hydroxyl groups is 1. The number of hydrogen-bond acceptors (Lipinski definition) is 4. The van der Waals surface area contributed by atoms with Gasteiger partial charge in [0.25, 0.3) is 0 Å². The van der Waals surface area contributed by atoms with Crippen LogP contribution >= 0.6 is 11.3 Å². The fraction of sp³-hybridized carbons (Fsp3) is 0.714. The van der Waals surface area contributed by atoms with Crippen LogP contribution in [0.1, 0.15) is 18.2 Å². The van der Waals surface area contributed by atoms with Crippen molar-refractivity contribution < 1.29 is 9.84 Å². The molecule has 1 aliphatic heterocycles. The first-order valence-electron chi connectivity index (χ1n) is 6.65. The van der Waals surface area contributed by atoms with Gasteiger partial charge in [0.15, 0.2) is 0 Å². The minimum Gasteiger partial charge on any atom is -0.393 e. The summed E-state index contributed by atoms with van der Waals surface area (Å²) in [4.78, 5) is 3.76. The maximum Gasteiger partial charge on any atom is 0.0624 e. The maximum atomic E-state index is 9.95. The molecule has 102 valence electrons. The summed E-state index contributed by atoms with van der Waals surface area (Å²) in [6.45, 7) is 4.55. The summed E-state index contributed by atoms with van der Waals surface area (Å²) in [5, 5.41) is 12.1. The Kier molecular flexibility index (Phi) is 5.18. The molecule has 2 heterocycles. The first-order chi connectivity index (χ1) is 8.66. The summed E-state index contributed by atoms with van der Waals surface area (Å²) in [6.07, 6.45) is 1.66. The van der Waals surface area contributed by atoms with Crippen molar-refractivity contribution in [2.24, 2.45) is 5.92 Å². The van der Waals surface area contributed by atoms with Crippen LogP contribution in [0.5, 0.6) is 0 Å². The molecule has 3 nitrogen and oxygen atoms in total. The zero-order valence-corrected chi connectivity index (χ0v) is 12.0. The van der Waals surface area contributed by atoms with Crippen LogP contribution in [0.25, 0.3) is 0 Å². The van der Waals surface area contributed by atoms with Crippen LogP contribution in [0.15, 0.2) is 17.5 Å².